The van der Waals surface area contributed by atoms with Crippen LogP contribution >= 0.6 is 0 Å². The molecular formula is C20H16F3N3O4. The zero-order valence-corrected chi connectivity index (χ0v) is 15.7. The summed E-state index contributed by atoms with van der Waals surface area (Å²) in [5.41, 5.74) is 5.53. The predicted molar refractivity (Wildman–Crippen MR) is 101 cm³/mol. The zero-order chi connectivity index (χ0) is 21.8. The van der Waals surface area contributed by atoms with Crippen LogP contribution in [-0.2, 0) is 28.9 Å². The molecule has 1 aliphatic heterocycles. The maximum absolute atomic E-state index is 13.2. The Kier molecular flexibility index (Phi) is 4.53. The number of aliphatic hydroxyl groups excluding tert-OH is 1. The van der Waals surface area contributed by atoms with E-state index in [1.165, 1.54) is 17.6 Å². The Hall–Kier alpha value is -3.40. The number of benzene rings is 1. The SMILES string of the molecule is CC(O)c1cc2n(c(=O)c1COC=O)Cc1cc3cc(N)c(C(F)(F)F)cc3nc1-2. The van der Waals surface area contributed by atoms with E-state index in [1.54, 1.807) is 12.1 Å². The van der Waals surface area contributed by atoms with Crippen LogP contribution in [0.15, 0.2) is 29.1 Å². The zero-order valence-electron chi connectivity index (χ0n) is 15.7. The van der Waals surface area contributed by atoms with E-state index < -0.39 is 29.1 Å². The number of nitrogens with two attached hydrogens (primary N) is 1. The van der Waals surface area contributed by atoms with E-state index in [9.17, 15) is 27.9 Å². The van der Waals surface area contributed by atoms with Crippen LogP contribution in [0.3, 0.4) is 0 Å². The van der Waals surface area contributed by atoms with Gasteiger partial charge in [0, 0.05) is 16.6 Å². The number of aromatic nitrogens is 2. The number of pyridine rings is 2. The lowest BCUT2D eigenvalue weighted by molar-refractivity contribution is -0.136. The van der Waals surface area contributed by atoms with Crippen LogP contribution < -0.4 is 11.3 Å². The number of carbonyl (C=O) groups excluding carboxylic acids is 1. The summed E-state index contributed by atoms with van der Waals surface area (Å²) in [6, 6.07) is 5.28. The Morgan fingerprint density at radius 1 is 1.33 bits per heavy atom. The topological polar surface area (TPSA) is 107 Å². The van der Waals surface area contributed by atoms with Crippen molar-refractivity contribution in [1.29, 1.82) is 0 Å². The Morgan fingerprint density at radius 2 is 2.07 bits per heavy atom. The highest BCUT2D eigenvalue weighted by Crippen LogP contribution is 2.38. The third kappa shape index (κ3) is 3.09. The summed E-state index contributed by atoms with van der Waals surface area (Å²) < 4.78 is 45.7. The molecule has 2 aromatic heterocycles. The highest BCUT2D eigenvalue weighted by Gasteiger charge is 2.34. The van der Waals surface area contributed by atoms with Crippen molar-refractivity contribution in [3.63, 3.8) is 0 Å². The molecule has 0 amide bonds. The molecule has 1 aromatic carbocycles. The summed E-state index contributed by atoms with van der Waals surface area (Å²) >= 11 is 0. The third-order valence-corrected chi connectivity index (χ3v) is 5.12. The van der Waals surface area contributed by atoms with Crippen LogP contribution in [0, 0.1) is 0 Å². The van der Waals surface area contributed by atoms with Gasteiger partial charge in [-0.3, -0.25) is 9.59 Å². The Labute approximate surface area is 167 Å². The van der Waals surface area contributed by atoms with Gasteiger partial charge in [0.25, 0.3) is 12.0 Å². The summed E-state index contributed by atoms with van der Waals surface area (Å²) in [5, 5.41) is 10.5. The van der Waals surface area contributed by atoms with Gasteiger partial charge in [-0.25, -0.2) is 4.98 Å². The molecule has 3 heterocycles. The summed E-state index contributed by atoms with van der Waals surface area (Å²) in [6.07, 6.45) is -5.66. The van der Waals surface area contributed by atoms with Crippen molar-refractivity contribution in [3.05, 3.63) is 56.9 Å². The lowest BCUT2D eigenvalue weighted by atomic mass is 10.0. The van der Waals surface area contributed by atoms with E-state index in [2.05, 4.69) is 4.98 Å². The van der Waals surface area contributed by atoms with Gasteiger partial charge in [0.15, 0.2) is 0 Å². The van der Waals surface area contributed by atoms with Gasteiger partial charge in [-0.1, -0.05) is 0 Å². The molecule has 0 radical (unpaired) electrons. The van der Waals surface area contributed by atoms with Crippen LogP contribution in [0.5, 0.6) is 0 Å². The van der Waals surface area contributed by atoms with Crippen molar-refractivity contribution in [3.8, 4) is 11.4 Å². The molecule has 1 unspecified atom stereocenters. The minimum Gasteiger partial charge on any atom is -0.463 e. The number of hydrogen-bond acceptors (Lipinski definition) is 6. The lowest BCUT2D eigenvalue weighted by Gasteiger charge is -2.14. The van der Waals surface area contributed by atoms with E-state index >= 15 is 0 Å². The van der Waals surface area contributed by atoms with Crippen molar-refractivity contribution in [2.24, 2.45) is 0 Å². The number of anilines is 1. The Morgan fingerprint density at radius 3 is 2.70 bits per heavy atom. The number of aliphatic hydroxyl groups is 1. The van der Waals surface area contributed by atoms with Crippen LogP contribution in [0.2, 0.25) is 0 Å². The molecule has 0 fully saturated rings. The maximum Gasteiger partial charge on any atom is 0.418 e. The van der Waals surface area contributed by atoms with Crippen molar-refractivity contribution in [1.82, 2.24) is 9.55 Å². The molecule has 0 saturated carbocycles. The lowest BCUT2D eigenvalue weighted by Crippen LogP contribution is -2.26. The van der Waals surface area contributed by atoms with Gasteiger partial charge in [-0.2, -0.15) is 13.2 Å². The number of ether oxygens (including phenoxy) is 1. The maximum atomic E-state index is 13.2. The fourth-order valence-corrected chi connectivity index (χ4v) is 3.74. The van der Waals surface area contributed by atoms with Crippen molar-refractivity contribution >= 4 is 23.1 Å². The predicted octanol–water partition coefficient (Wildman–Crippen LogP) is 2.75. The molecule has 156 valence electrons. The largest absolute Gasteiger partial charge is 0.463 e. The first-order valence-electron chi connectivity index (χ1n) is 8.92. The van der Waals surface area contributed by atoms with E-state index in [0.717, 1.165) is 6.07 Å². The van der Waals surface area contributed by atoms with Crippen molar-refractivity contribution in [2.45, 2.75) is 32.4 Å². The van der Waals surface area contributed by atoms with Crippen LogP contribution in [0.25, 0.3) is 22.3 Å². The summed E-state index contributed by atoms with van der Waals surface area (Å²) in [7, 11) is 0. The molecule has 3 N–H and O–H groups in total. The van der Waals surface area contributed by atoms with E-state index in [1.807, 2.05) is 0 Å². The number of rotatable bonds is 4. The molecule has 10 heteroatoms. The normalized spacial score (nSPS) is 13.8. The number of nitrogen functional groups attached to an aromatic ring is 1. The second-order valence-electron chi connectivity index (χ2n) is 7.06. The second-order valence-corrected chi connectivity index (χ2v) is 7.06. The molecule has 1 aliphatic rings. The summed E-state index contributed by atoms with van der Waals surface area (Å²) in [6.45, 7) is 1.49. The molecule has 4 rings (SSSR count). The first kappa shape index (κ1) is 19.9. The molecule has 0 saturated heterocycles. The standard InChI is InChI=1S/C20H16F3N3O4/c1-9(28)12-4-17-18-11(6-26(17)19(29)13(12)7-30-8-27)2-10-3-15(24)14(20(21,22)23)5-16(10)25-18/h2-5,8-9,28H,6-7,24H2,1H3. The van der Waals surface area contributed by atoms with Gasteiger partial charge in [-0.15, -0.1) is 0 Å². The molecule has 30 heavy (non-hydrogen) atoms. The van der Waals surface area contributed by atoms with E-state index in [4.69, 9.17) is 10.5 Å². The fourth-order valence-electron chi connectivity index (χ4n) is 3.74. The third-order valence-electron chi connectivity index (χ3n) is 5.12. The van der Waals surface area contributed by atoms with Gasteiger partial charge in [0.05, 0.1) is 40.7 Å². The Bertz CT molecular complexity index is 1250. The smallest absolute Gasteiger partial charge is 0.418 e. The molecule has 0 bridgehead atoms. The van der Waals surface area contributed by atoms with Gasteiger partial charge < -0.3 is 20.1 Å². The first-order chi connectivity index (χ1) is 14.1. The minimum atomic E-state index is -4.62. The van der Waals surface area contributed by atoms with Gasteiger partial charge in [-0.05, 0) is 36.8 Å². The van der Waals surface area contributed by atoms with E-state index in [0.29, 0.717) is 22.3 Å². The first-order valence-corrected chi connectivity index (χ1v) is 8.92. The number of fused-ring (bicyclic) bond motifs is 4. The fraction of sp³-hybridized carbons (Fsp3) is 0.250. The monoisotopic (exact) mass is 419 g/mol. The molecule has 1 atom stereocenters. The van der Waals surface area contributed by atoms with Crippen molar-refractivity contribution in [2.75, 3.05) is 5.73 Å². The quantitative estimate of drug-likeness (QED) is 0.389. The van der Waals surface area contributed by atoms with Crippen LogP contribution in [-0.4, -0.2) is 21.1 Å². The van der Waals surface area contributed by atoms with Gasteiger partial charge in [0.2, 0.25) is 0 Å². The van der Waals surface area contributed by atoms with E-state index in [-0.39, 0.29) is 36.3 Å². The highest BCUT2D eigenvalue weighted by atomic mass is 19.4. The molecular weight excluding hydrogens is 403 g/mol. The van der Waals surface area contributed by atoms with Crippen LogP contribution in [0.1, 0.15) is 35.3 Å². The highest BCUT2D eigenvalue weighted by molar-refractivity contribution is 5.87. The molecule has 3 aromatic rings. The Balaban J connectivity index is 1.94. The summed E-state index contributed by atoms with van der Waals surface area (Å²) in [4.78, 5) is 27.9. The number of alkyl halides is 3. The number of nitrogens with zero attached hydrogens (tertiary/aromatic N) is 2. The molecule has 7 nitrogen and oxygen atoms in total. The number of halogens is 3. The average molecular weight is 419 g/mol. The summed E-state index contributed by atoms with van der Waals surface area (Å²) in [5.74, 6) is 0. The number of carbonyl (C=O) groups is 1. The number of hydrogen-bond donors (Lipinski definition) is 2. The molecule has 0 spiro atoms. The van der Waals surface area contributed by atoms with Gasteiger partial charge in [0.1, 0.15) is 6.61 Å². The minimum absolute atomic E-state index is 0.0862. The van der Waals surface area contributed by atoms with Gasteiger partial charge >= 0.3 is 6.18 Å². The van der Waals surface area contributed by atoms with Crippen LogP contribution in [0.4, 0.5) is 18.9 Å². The molecule has 0 aliphatic carbocycles. The van der Waals surface area contributed by atoms with Crippen molar-refractivity contribution < 1.29 is 27.8 Å². The second kappa shape index (κ2) is 6.84. The average Bonchev–Trinajstić information content (AvgIpc) is 3.01.